The van der Waals surface area contributed by atoms with E-state index in [0.717, 1.165) is 0 Å². The minimum Gasteiger partial charge on any atom is -0.258 e. The van der Waals surface area contributed by atoms with Crippen molar-refractivity contribution >= 4 is 17.3 Å². The van der Waals surface area contributed by atoms with E-state index < -0.39 is 4.92 Å². The summed E-state index contributed by atoms with van der Waals surface area (Å²) < 4.78 is 1.31. The topological polar surface area (TPSA) is 73.8 Å². The van der Waals surface area contributed by atoms with Gasteiger partial charge in [-0.25, -0.2) is 9.67 Å². The Morgan fingerprint density at radius 2 is 2.33 bits per heavy atom. The van der Waals surface area contributed by atoms with Crippen molar-refractivity contribution < 1.29 is 4.92 Å². The molecule has 0 aliphatic heterocycles. The van der Waals surface area contributed by atoms with E-state index in [0.29, 0.717) is 0 Å². The lowest BCUT2D eigenvalue weighted by atomic mass is 10.4. The van der Waals surface area contributed by atoms with E-state index in [1.807, 2.05) is 0 Å². The van der Waals surface area contributed by atoms with Crippen molar-refractivity contribution in [3.05, 3.63) is 45.9 Å². The Morgan fingerprint density at radius 3 is 2.93 bits per heavy atom. The molecule has 2 aromatic heterocycles. The SMILES string of the molecule is O=[N+]([O-])c1cc(Cl)cnc1-n1cccn1. The molecule has 0 unspecified atom stereocenters. The fourth-order valence-corrected chi connectivity index (χ4v) is 1.28. The summed E-state index contributed by atoms with van der Waals surface area (Å²) in [5.41, 5.74) is -0.175. The highest BCUT2D eigenvalue weighted by molar-refractivity contribution is 6.30. The molecule has 0 spiro atoms. The highest BCUT2D eigenvalue weighted by Gasteiger charge is 2.17. The lowest BCUT2D eigenvalue weighted by Gasteiger charge is -2.01. The maximum atomic E-state index is 10.7. The fraction of sp³-hybridized carbons (Fsp3) is 0. The molecule has 0 aromatic carbocycles. The number of rotatable bonds is 2. The van der Waals surface area contributed by atoms with Crippen molar-refractivity contribution in [2.24, 2.45) is 0 Å². The summed E-state index contributed by atoms with van der Waals surface area (Å²) in [6.45, 7) is 0. The maximum absolute atomic E-state index is 10.7. The zero-order valence-corrected chi connectivity index (χ0v) is 8.13. The zero-order chi connectivity index (χ0) is 10.8. The predicted octanol–water partition coefficient (Wildman–Crippen LogP) is 1.83. The molecule has 0 aliphatic carbocycles. The van der Waals surface area contributed by atoms with E-state index in [-0.39, 0.29) is 16.5 Å². The van der Waals surface area contributed by atoms with E-state index in [4.69, 9.17) is 11.6 Å². The molecule has 0 bridgehead atoms. The first-order valence-corrected chi connectivity index (χ1v) is 4.36. The van der Waals surface area contributed by atoms with Crippen molar-refractivity contribution in [2.45, 2.75) is 0 Å². The van der Waals surface area contributed by atoms with Gasteiger partial charge in [-0.1, -0.05) is 11.6 Å². The highest BCUT2D eigenvalue weighted by Crippen LogP contribution is 2.23. The summed E-state index contributed by atoms with van der Waals surface area (Å²) in [5, 5.41) is 14.8. The van der Waals surface area contributed by atoms with Crippen LogP contribution in [0.3, 0.4) is 0 Å². The Labute approximate surface area is 89.3 Å². The van der Waals surface area contributed by atoms with Gasteiger partial charge in [0.15, 0.2) is 0 Å². The van der Waals surface area contributed by atoms with Crippen LogP contribution in [-0.4, -0.2) is 19.7 Å². The maximum Gasteiger partial charge on any atom is 0.315 e. The van der Waals surface area contributed by atoms with Crippen molar-refractivity contribution in [1.82, 2.24) is 14.8 Å². The van der Waals surface area contributed by atoms with Gasteiger partial charge >= 0.3 is 5.69 Å². The van der Waals surface area contributed by atoms with E-state index in [9.17, 15) is 10.1 Å². The van der Waals surface area contributed by atoms with Gasteiger partial charge in [-0.05, 0) is 6.07 Å². The monoisotopic (exact) mass is 224 g/mol. The first-order chi connectivity index (χ1) is 7.18. The second-order valence-electron chi connectivity index (χ2n) is 2.70. The van der Waals surface area contributed by atoms with E-state index in [1.165, 1.54) is 23.1 Å². The number of hydrogen-bond donors (Lipinski definition) is 0. The molecule has 0 saturated carbocycles. The van der Waals surface area contributed by atoms with Crippen LogP contribution in [-0.2, 0) is 0 Å². The molecule has 0 saturated heterocycles. The number of aromatic nitrogens is 3. The lowest BCUT2D eigenvalue weighted by molar-refractivity contribution is -0.384. The Kier molecular flexibility index (Phi) is 2.34. The van der Waals surface area contributed by atoms with Gasteiger partial charge in [0.2, 0.25) is 5.82 Å². The minimum absolute atomic E-state index is 0.148. The number of nitrogens with zero attached hydrogens (tertiary/aromatic N) is 4. The molecule has 0 fully saturated rings. The second-order valence-corrected chi connectivity index (χ2v) is 3.14. The third-order valence-corrected chi connectivity index (χ3v) is 1.94. The van der Waals surface area contributed by atoms with Gasteiger partial charge in [0.1, 0.15) is 0 Å². The molecule has 2 rings (SSSR count). The molecule has 7 heteroatoms. The van der Waals surface area contributed by atoms with Crippen LogP contribution >= 0.6 is 11.6 Å². The Hall–Kier alpha value is -1.95. The van der Waals surface area contributed by atoms with E-state index in [1.54, 1.807) is 12.3 Å². The summed E-state index contributed by atoms with van der Waals surface area (Å²) in [7, 11) is 0. The molecule has 0 atom stereocenters. The minimum atomic E-state index is -0.546. The molecular weight excluding hydrogens is 220 g/mol. The fourth-order valence-electron chi connectivity index (χ4n) is 1.13. The van der Waals surface area contributed by atoms with Crippen LogP contribution in [0.1, 0.15) is 0 Å². The van der Waals surface area contributed by atoms with Crippen molar-refractivity contribution in [2.75, 3.05) is 0 Å². The quantitative estimate of drug-likeness (QED) is 0.576. The largest absolute Gasteiger partial charge is 0.315 e. The van der Waals surface area contributed by atoms with Crippen LogP contribution in [0.2, 0.25) is 5.02 Å². The predicted molar refractivity (Wildman–Crippen MR) is 53.0 cm³/mol. The highest BCUT2D eigenvalue weighted by atomic mass is 35.5. The van der Waals surface area contributed by atoms with Crippen LogP contribution in [0, 0.1) is 10.1 Å². The normalized spacial score (nSPS) is 10.2. The summed E-state index contributed by atoms with van der Waals surface area (Å²) in [6, 6.07) is 2.89. The van der Waals surface area contributed by atoms with Gasteiger partial charge in [-0.3, -0.25) is 10.1 Å². The molecule has 0 N–H and O–H groups in total. The molecular formula is C8H5ClN4O2. The number of halogens is 1. The molecule has 2 heterocycles. The van der Waals surface area contributed by atoms with Gasteiger partial charge < -0.3 is 0 Å². The number of pyridine rings is 1. The standard InChI is InChI=1S/C8H5ClN4O2/c9-6-4-7(13(14)15)8(10-5-6)12-3-1-2-11-12/h1-5H. The van der Waals surface area contributed by atoms with Gasteiger partial charge in [0.05, 0.1) is 9.95 Å². The molecule has 76 valence electrons. The summed E-state index contributed by atoms with van der Waals surface area (Å²) in [4.78, 5) is 14.1. The third kappa shape index (κ3) is 1.79. The van der Waals surface area contributed by atoms with Gasteiger partial charge in [-0.2, -0.15) is 5.10 Å². The van der Waals surface area contributed by atoms with E-state index >= 15 is 0 Å². The Morgan fingerprint density at radius 1 is 1.53 bits per heavy atom. The third-order valence-electron chi connectivity index (χ3n) is 1.73. The van der Waals surface area contributed by atoms with Crippen LogP contribution in [0.4, 0.5) is 5.69 Å². The van der Waals surface area contributed by atoms with Gasteiger partial charge in [0, 0.05) is 24.7 Å². The average molecular weight is 225 g/mol. The van der Waals surface area contributed by atoms with E-state index in [2.05, 4.69) is 10.1 Å². The van der Waals surface area contributed by atoms with Crippen LogP contribution in [0.15, 0.2) is 30.7 Å². The first-order valence-electron chi connectivity index (χ1n) is 3.98. The van der Waals surface area contributed by atoms with Gasteiger partial charge in [-0.15, -0.1) is 0 Å². The van der Waals surface area contributed by atoms with Crippen molar-refractivity contribution in [3.63, 3.8) is 0 Å². The van der Waals surface area contributed by atoms with Crippen LogP contribution in [0.5, 0.6) is 0 Å². The van der Waals surface area contributed by atoms with Crippen molar-refractivity contribution in [1.29, 1.82) is 0 Å². The van der Waals surface area contributed by atoms with Gasteiger partial charge in [0.25, 0.3) is 0 Å². The lowest BCUT2D eigenvalue weighted by Crippen LogP contribution is -2.03. The molecule has 0 radical (unpaired) electrons. The summed E-state index contributed by atoms with van der Waals surface area (Å²) in [6.07, 6.45) is 4.43. The van der Waals surface area contributed by atoms with Crippen LogP contribution < -0.4 is 0 Å². The smallest absolute Gasteiger partial charge is 0.258 e. The van der Waals surface area contributed by atoms with Crippen LogP contribution in [0.25, 0.3) is 5.82 Å². The second kappa shape index (κ2) is 3.66. The summed E-state index contributed by atoms with van der Waals surface area (Å²) >= 11 is 5.63. The Balaban J connectivity index is 2.61. The molecule has 0 amide bonds. The molecule has 15 heavy (non-hydrogen) atoms. The number of hydrogen-bond acceptors (Lipinski definition) is 4. The number of nitro groups is 1. The van der Waals surface area contributed by atoms with Crippen molar-refractivity contribution in [3.8, 4) is 5.82 Å². The first kappa shape index (κ1) is 9.60. The molecule has 2 aromatic rings. The molecule has 0 aliphatic rings. The Bertz CT molecular complexity index is 497. The summed E-state index contributed by atoms with van der Waals surface area (Å²) in [5.74, 6) is 0.148. The zero-order valence-electron chi connectivity index (χ0n) is 7.37. The average Bonchev–Trinajstić information content (AvgIpc) is 2.70. The molecule has 6 nitrogen and oxygen atoms in total.